The van der Waals surface area contributed by atoms with Gasteiger partial charge in [-0.25, -0.2) is 8.42 Å². The van der Waals surface area contributed by atoms with Crippen LogP contribution in [0.3, 0.4) is 0 Å². The van der Waals surface area contributed by atoms with Crippen molar-refractivity contribution in [2.24, 2.45) is 0 Å². The van der Waals surface area contributed by atoms with Gasteiger partial charge in [0.05, 0.1) is 11.9 Å². The predicted molar refractivity (Wildman–Crippen MR) is 147 cm³/mol. The number of nitrogens with one attached hydrogen (secondary N) is 1. The van der Waals surface area contributed by atoms with Gasteiger partial charge in [-0.05, 0) is 62.9 Å². The molecule has 0 aromatic heterocycles. The summed E-state index contributed by atoms with van der Waals surface area (Å²) in [6.07, 6.45) is 1.91. The fourth-order valence-electron chi connectivity index (χ4n) is 3.96. The summed E-state index contributed by atoms with van der Waals surface area (Å²) < 4.78 is 26.3. The highest BCUT2D eigenvalue weighted by atomic mass is 35.5. The van der Waals surface area contributed by atoms with Crippen molar-refractivity contribution in [3.8, 4) is 0 Å². The maximum atomic E-state index is 13.5. The Hall–Kier alpha value is -2.29. The molecule has 1 unspecified atom stereocenters. The molecule has 1 N–H and O–H groups in total. The molecule has 0 bridgehead atoms. The van der Waals surface area contributed by atoms with Gasteiger partial charge in [-0.3, -0.25) is 13.9 Å². The first-order valence-electron chi connectivity index (χ1n) is 11.9. The highest BCUT2D eigenvalue weighted by molar-refractivity contribution is 7.92. The molecule has 1 atom stereocenters. The Morgan fingerprint density at radius 3 is 2.31 bits per heavy atom. The number of para-hydroxylation sites is 1. The topological polar surface area (TPSA) is 86.8 Å². The third kappa shape index (κ3) is 8.39. The van der Waals surface area contributed by atoms with E-state index in [9.17, 15) is 18.0 Å². The van der Waals surface area contributed by atoms with Crippen molar-refractivity contribution in [3.05, 3.63) is 63.6 Å². The SMILES string of the molecule is CCC(C(=O)NC(C)C)N(Cc1ccc(Cl)cc1Cl)C(=O)CCCN(c1ccccc1C)S(C)(=O)=O. The Labute approximate surface area is 224 Å². The Balaban J connectivity index is 2.27. The number of hydrogen-bond donors (Lipinski definition) is 1. The van der Waals surface area contributed by atoms with Gasteiger partial charge in [0.15, 0.2) is 0 Å². The van der Waals surface area contributed by atoms with E-state index in [-0.39, 0.29) is 43.8 Å². The number of nitrogens with zero attached hydrogens (tertiary/aromatic N) is 2. The molecule has 2 amide bonds. The molecule has 0 saturated heterocycles. The van der Waals surface area contributed by atoms with Crippen molar-refractivity contribution in [2.75, 3.05) is 17.1 Å². The second-order valence-electron chi connectivity index (χ2n) is 9.07. The first kappa shape index (κ1) is 29.9. The molecule has 0 radical (unpaired) electrons. The summed E-state index contributed by atoms with van der Waals surface area (Å²) in [6, 6.07) is 11.5. The van der Waals surface area contributed by atoms with Gasteiger partial charge in [-0.15, -0.1) is 0 Å². The fourth-order valence-corrected chi connectivity index (χ4v) is 5.45. The third-order valence-corrected chi connectivity index (χ3v) is 7.48. The number of sulfonamides is 1. The summed E-state index contributed by atoms with van der Waals surface area (Å²) in [4.78, 5) is 27.9. The van der Waals surface area contributed by atoms with Crippen LogP contribution in [0.25, 0.3) is 0 Å². The van der Waals surface area contributed by atoms with Crippen LogP contribution >= 0.6 is 23.2 Å². The maximum absolute atomic E-state index is 13.5. The molecule has 2 aromatic rings. The monoisotopic (exact) mass is 555 g/mol. The summed E-state index contributed by atoms with van der Waals surface area (Å²) in [7, 11) is -3.55. The molecule has 0 fully saturated rings. The minimum Gasteiger partial charge on any atom is -0.352 e. The summed E-state index contributed by atoms with van der Waals surface area (Å²) in [5.74, 6) is -0.506. The molecule has 0 aliphatic rings. The number of rotatable bonds is 12. The van der Waals surface area contributed by atoms with Gasteiger partial charge in [0, 0.05) is 35.6 Å². The lowest BCUT2D eigenvalue weighted by Crippen LogP contribution is -2.50. The normalized spacial score (nSPS) is 12.3. The van der Waals surface area contributed by atoms with Crippen LogP contribution in [-0.4, -0.2) is 50.0 Å². The van der Waals surface area contributed by atoms with Crippen molar-refractivity contribution >= 4 is 50.7 Å². The lowest BCUT2D eigenvalue weighted by atomic mass is 10.1. The molecule has 0 aliphatic carbocycles. The number of carbonyl (C=O) groups excluding carboxylic acids is 2. The lowest BCUT2D eigenvalue weighted by molar-refractivity contribution is -0.141. The van der Waals surface area contributed by atoms with Gasteiger partial charge in [0.2, 0.25) is 21.8 Å². The molecular weight excluding hydrogens is 521 g/mol. The molecule has 7 nitrogen and oxygen atoms in total. The maximum Gasteiger partial charge on any atom is 0.243 e. The standard InChI is InChI=1S/C26H35Cl2N3O4S/c1-6-23(26(33)29-18(2)3)30(17-20-13-14-21(27)16-22(20)28)25(32)12-9-15-31(36(5,34)35)24-11-8-7-10-19(24)4/h7-8,10-11,13-14,16,18,23H,6,9,12,15,17H2,1-5H3,(H,29,33). The number of hydrogen-bond acceptors (Lipinski definition) is 4. The molecule has 198 valence electrons. The van der Waals surface area contributed by atoms with Gasteiger partial charge in [-0.1, -0.05) is 54.4 Å². The van der Waals surface area contributed by atoms with Crippen LogP contribution < -0.4 is 9.62 Å². The highest BCUT2D eigenvalue weighted by Crippen LogP contribution is 2.25. The molecule has 36 heavy (non-hydrogen) atoms. The van der Waals surface area contributed by atoms with E-state index in [1.54, 1.807) is 30.3 Å². The van der Waals surface area contributed by atoms with Crippen molar-refractivity contribution in [2.45, 2.75) is 65.6 Å². The summed E-state index contributed by atoms with van der Waals surface area (Å²) >= 11 is 12.4. The predicted octanol–water partition coefficient (Wildman–Crippen LogP) is 5.18. The molecule has 2 rings (SSSR count). The van der Waals surface area contributed by atoms with Gasteiger partial charge in [0.1, 0.15) is 6.04 Å². The minimum atomic E-state index is -3.55. The van der Waals surface area contributed by atoms with E-state index in [2.05, 4.69) is 5.32 Å². The zero-order chi connectivity index (χ0) is 27.0. The van der Waals surface area contributed by atoms with Crippen molar-refractivity contribution in [3.63, 3.8) is 0 Å². The third-order valence-electron chi connectivity index (χ3n) is 5.71. The van der Waals surface area contributed by atoms with Gasteiger partial charge in [0.25, 0.3) is 0 Å². The molecular formula is C26H35Cl2N3O4S. The van der Waals surface area contributed by atoms with Crippen LogP contribution in [0, 0.1) is 6.92 Å². The molecule has 10 heteroatoms. The Kier molecular flexibility index (Phi) is 11.1. The van der Waals surface area contributed by atoms with E-state index in [1.807, 2.05) is 39.8 Å². The van der Waals surface area contributed by atoms with Crippen LogP contribution in [0.15, 0.2) is 42.5 Å². The van der Waals surface area contributed by atoms with E-state index >= 15 is 0 Å². The number of halogens is 2. The first-order valence-corrected chi connectivity index (χ1v) is 14.5. The first-order chi connectivity index (χ1) is 16.8. The van der Waals surface area contributed by atoms with Crippen LogP contribution in [0.2, 0.25) is 10.0 Å². The molecule has 0 spiro atoms. The Bertz CT molecular complexity index is 1170. The second kappa shape index (κ2) is 13.3. The average Bonchev–Trinajstić information content (AvgIpc) is 2.77. The number of aryl methyl sites for hydroxylation is 1. The second-order valence-corrected chi connectivity index (χ2v) is 11.8. The Morgan fingerprint density at radius 2 is 1.75 bits per heavy atom. The lowest BCUT2D eigenvalue weighted by Gasteiger charge is -2.32. The van der Waals surface area contributed by atoms with Gasteiger partial charge in [-0.2, -0.15) is 0 Å². The Morgan fingerprint density at radius 1 is 1.08 bits per heavy atom. The number of anilines is 1. The quantitative estimate of drug-likeness (QED) is 0.391. The van der Waals surface area contributed by atoms with E-state index in [1.165, 1.54) is 9.21 Å². The van der Waals surface area contributed by atoms with Crippen LogP contribution in [-0.2, 0) is 26.2 Å². The fraction of sp³-hybridized carbons (Fsp3) is 0.462. The zero-order valence-corrected chi connectivity index (χ0v) is 23.8. The van der Waals surface area contributed by atoms with E-state index in [4.69, 9.17) is 23.2 Å². The molecule has 0 heterocycles. The smallest absolute Gasteiger partial charge is 0.243 e. The van der Waals surface area contributed by atoms with Crippen LogP contribution in [0.5, 0.6) is 0 Å². The van der Waals surface area contributed by atoms with E-state index in [0.29, 0.717) is 27.7 Å². The average molecular weight is 557 g/mol. The van der Waals surface area contributed by atoms with Crippen LogP contribution in [0.1, 0.15) is 51.2 Å². The summed E-state index contributed by atoms with van der Waals surface area (Å²) in [5.41, 5.74) is 2.08. The van der Waals surface area contributed by atoms with Crippen molar-refractivity contribution in [1.82, 2.24) is 10.2 Å². The summed E-state index contributed by atoms with van der Waals surface area (Å²) in [6.45, 7) is 7.68. The number of carbonyl (C=O) groups is 2. The van der Waals surface area contributed by atoms with Crippen molar-refractivity contribution in [1.29, 1.82) is 0 Å². The number of benzene rings is 2. The molecule has 2 aromatic carbocycles. The minimum absolute atomic E-state index is 0.0641. The summed E-state index contributed by atoms with van der Waals surface area (Å²) in [5, 5.41) is 3.77. The number of amides is 2. The zero-order valence-electron chi connectivity index (χ0n) is 21.4. The molecule has 0 saturated carbocycles. The van der Waals surface area contributed by atoms with Gasteiger partial charge >= 0.3 is 0 Å². The van der Waals surface area contributed by atoms with E-state index in [0.717, 1.165) is 11.8 Å². The largest absolute Gasteiger partial charge is 0.352 e. The highest BCUT2D eigenvalue weighted by Gasteiger charge is 2.29. The molecule has 0 aliphatic heterocycles. The van der Waals surface area contributed by atoms with Gasteiger partial charge < -0.3 is 10.2 Å². The van der Waals surface area contributed by atoms with Crippen LogP contribution in [0.4, 0.5) is 5.69 Å². The van der Waals surface area contributed by atoms with Crippen molar-refractivity contribution < 1.29 is 18.0 Å². The van der Waals surface area contributed by atoms with E-state index < -0.39 is 16.1 Å².